The molecule has 1 aromatic carbocycles. The molecule has 2 rings (SSSR count). The standard InChI is InChI=1S/C15H21N3O3/c1-10-8-16-9-11(2)17(10)15(19)12(3)13-5-4-6-14(7-13)18(20)21/h4-7,10-12,16H,8-9H2,1-3H3. The van der Waals surface area contributed by atoms with Gasteiger partial charge in [0, 0.05) is 37.3 Å². The zero-order chi connectivity index (χ0) is 15.6. The van der Waals surface area contributed by atoms with E-state index < -0.39 is 4.92 Å². The third-order valence-electron chi connectivity index (χ3n) is 4.04. The fraction of sp³-hybridized carbons (Fsp3) is 0.533. The molecule has 0 aliphatic carbocycles. The molecule has 3 atom stereocenters. The number of carbonyl (C=O) groups excluding carboxylic acids is 1. The van der Waals surface area contributed by atoms with Crippen molar-refractivity contribution in [2.45, 2.75) is 38.8 Å². The molecule has 1 saturated heterocycles. The molecule has 6 heteroatoms. The second-order valence-electron chi connectivity index (χ2n) is 5.68. The number of amides is 1. The number of nitrogens with zero attached hydrogens (tertiary/aromatic N) is 2. The van der Waals surface area contributed by atoms with Crippen molar-refractivity contribution < 1.29 is 9.72 Å². The molecule has 114 valence electrons. The second-order valence-corrected chi connectivity index (χ2v) is 5.68. The summed E-state index contributed by atoms with van der Waals surface area (Å²) >= 11 is 0. The van der Waals surface area contributed by atoms with Crippen molar-refractivity contribution in [2.24, 2.45) is 0 Å². The van der Waals surface area contributed by atoms with Crippen molar-refractivity contribution in [1.82, 2.24) is 10.2 Å². The molecule has 1 fully saturated rings. The van der Waals surface area contributed by atoms with Crippen LogP contribution < -0.4 is 5.32 Å². The summed E-state index contributed by atoms with van der Waals surface area (Å²) in [7, 11) is 0. The topological polar surface area (TPSA) is 75.5 Å². The van der Waals surface area contributed by atoms with Crippen LogP contribution in [-0.2, 0) is 4.79 Å². The monoisotopic (exact) mass is 291 g/mol. The summed E-state index contributed by atoms with van der Waals surface area (Å²) in [6, 6.07) is 6.58. The summed E-state index contributed by atoms with van der Waals surface area (Å²) in [5.41, 5.74) is 0.709. The lowest BCUT2D eigenvalue weighted by atomic mass is 9.97. The Balaban J connectivity index is 2.22. The Morgan fingerprint density at radius 3 is 2.57 bits per heavy atom. The van der Waals surface area contributed by atoms with Gasteiger partial charge in [0.2, 0.25) is 5.91 Å². The van der Waals surface area contributed by atoms with E-state index in [1.54, 1.807) is 12.1 Å². The SMILES string of the molecule is CC(C(=O)N1C(C)CNCC1C)c1cccc([N+](=O)[O-])c1. The highest BCUT2D eigenvalue weighted by Crippen LogP contribution is 2.25. The van der Waals surface area contributed by atoms with Crippen molar-refractivity contribution >= 4 is 11.6 Å². The van der Waals surface area contributed by atoms with E-state index in [0.717, 1.165) is 13.1 Å². The van der Waals surface area contributed by atoms with Crippen molar-refractivity contribution in [3.63, 3.8) is 0 Å². The van der Waals surface area contributed by atoms with Gasteiger partial charge in [-0.15, -0.1) is 0 Å². The number of carbonyl (C=O) groups is 1. The number of hydrogen-bond donors (Lipinski definition) is 1. The Labute approximate surface area is 124 Å². The predicted molar refractivity (Wildman–Crippen MR) is 80.2 cm³/mol. The van der Waals surface area contributed by atoms with Crippen molar-refractivity contribution in [1.29, 1.82) is 0 Å². The number of nitrogens with one attached hydrogen (secondary N) is 1. The Bertz CT molecular complexity index is 537. The maximum atomic E-state index is 12.7. The zero-order valence-corrected chi connectivity index (χ0v) is 12.6. The molecule has 1 aromatic rings. The van der Waals surface area contributed by atoms with Gasteiger partial charge < -0.3 is 10.2 Å². The van der Waals surface area contributed by atoms with Crippen LogP contribution in [0, 0.1) is 10.1 Å². The van der Waals surface area contributed by atoms with Gasteiger partial charge in [0.1, 0.15) is 0 Å². The van der Waals surface area contributed by atoms with Gasteiger partial charge in [-0.05, 0) is 26.3 Å². The van der Waals surface area contributed by atoms with E-state index in [-0.39, 0.29) is 29.6 Å². The van der Waals surface area contributed by atoms with E-state index in [0.29, 0.717) is 5.56 Å². The summed E-state index contributed by atoms with van der Waals surface area (Å²) in [6.07, 6.45) is 0. The van der Waals surface area contributed by atoms with E-state index >= 15 is 0 Å². The fourth-order valence-electron chi connectivity index (χ4n) is 2.84. The van der Waals surface area contributed by atoms with Crippen molar-refractivity contribution in [3.05, 3.63) is 39.9 Å². The van der Waals surface area contributed by atoms with Crippen LogP contribution in [0.4, 0.5) is 5.69 Å². The van der Waals surface area contributed by atoms with Crippen LogP contribution in [0.5, 0.6) is 0 Å². The van der Waals surface area contributed by atoms with Gasteiger partial charge in [0.15, 0.2) is 0 Å². The molecule has 0 saturated carbocycles. The fourth-order valence-corrected chi connectivity index (χ4v) is 2.84. The van der Waals surface area contributed by atoms with E-state index in [1.165, 1.54) is 12.1 Å². The maximum absolute atomic E-state index is 12.7. The molecular formula is C15H21N3O3. The average molecular weight is 291 g/mol. The Morgan fingerprint density at radius 1 is 1.38 bits per heavy atom. The first-order valence-corrected chi connectivity index (χ1v) is 7.19. The van der Waals surface area contributed by atoms with Crippen molar-refractivity contribution in [3.8, 4) is 0 Å². The summed E-state index contributed by atoms with van der Waals surface area (Å²) in [6.45, 7) is 7.39. The highest BCUT2D eigenvalue weighted by molar-refractivity contribution is 5.84. The molecule has 6 nitrogen and oxygen atoms in total. The predicted octanol–water partition coefficient (Wildman–Crippen LogP) is 1.91. The van der Waals surface area contributed by atoms with Gasteiger partial charge in [-0.2, -0.15) is 0 Å². The number of nitro groups is 1. The minimum atomic E-state index is -0.434. The summed E-state index contributed by atoms with van der Waals surface area (Å²) in [5.74, 6) is -0.357. The van der Waals surface area contributed by atoms with Gasteiger partial charge in [-0.25, -0.2) is 0 Å². The molecule has 0 spiro atoms. The number of rotatable bonds is 3. The molecule has 0 aromatic heterocycles. The van der Waals surface area contributed by atoms with Crippen LogP contribution in [0.1, 0.15) is 32.3 Å². The van der Waals surface area contributed by atoms with Gasteiger partial charge in [0.05, 0.1) is 10.8 Å². The molecule has 0 bridgehead atoms. The molecule has 1 aliphatic rings. The van der Waals surface area contributed by atoms with E-state index in [4.69, 9.17) is 0 Å². The molecule has 1 amide bonds. The molecule has 3 unspecified atom stereocenters. The zero-order valence-electron chi connectivity index (χ0n) is 12.6. The minimum absolute atomic E-state index is 0.0218. The quantitative estimate of drug-likeness (QED) is 0.682. The van der Waals surface area contributed by atoms with Gasteiger partial charge in [-0.3, -0.25) is 14.9 Å². The Morgan fingerprint density at radius 2 is 2.00 bits per heavy atom. The third-order valence-corrected chi connectivity index (χ3v) is 4.04. The van der Waals surface area contributed by atoms with Gasteiger partial charge in [0.25, 0.3) is 5.69 Å². The molecule has 1 heterocycles. The lowest BCUT2D eigenvalue weighted by Crippen LogP contribution is -2.58. The van der Waals surface area contributed by atoms with Crippen LogP contribution in [0.25, 0.3) is 0 Å². The van der Waals surface area contributed by atoms with Crippen molar-refractivity contribution in [2.75, 3.05) is 13.1 Å². The van der Waals surface area contributed by atoms with Crippen LogP contribution in [0.2, 0.25) is 0 Å². The largest absolute Gasteiger partial charge is 0.334 e. The lowest BCUT2D eigenvalue weighted by molar-refractivity contribution is -0.384. The van der Waals surface area contributed by atoms with Crippen LogP contribution in [0.15, 0.2) is 24.3 Å². The molecule has 1 N–H and O–H groups in total. The van der Waals surface area contributed by atoms with Crippen LogP contribution >= 0.6 is 0 Å². The van der Waals surface area contributed by atoms with Gasteiger partial charge >= 0.3 is 0 Å². The Hall–Kier alpha value is -1.95. The minimum Gasteiger partial charge on any atom is -0.334 e. The Kier molecular flexibility index (Phi) is 4.57. The summed E-state index contributed by atoms with van der Waals surface area (Å²) in [4.78, 5) is 25.0. The first kappa shape index (κ1) is 15.4. The molecule has 21 heavy (non-hydrogen) atoms. The number of benzene rings is 1. The first-order valence-electron chi connectivity index (χ1n) is 7.19. The maximum Gasteiger partial charge on any atom is 0.269 e. The number of piperazine rings is 1. The summed E-state index contributed by atoms with van der Waals surface area (Å²) in [5, 5.41) is 14.1. The van der Waals surface area contributed by atoms with E-state index in [2.05, 4.69) is 5.32 Å². The summed E-state index contributed by atoms with van der Waals surface area (Å²) < 4.78 is 0. The highest BCUT2D eigenvalue weighted by Gasteiger charge is 2.32. The number of non-ortho nitro benzene ring substituents is 1. The molecule has 1 aliphatic heterocycles. The smallest absolute Gasteiger partial charge is 0.269 e. The second kappa shape index (κ2) is 6.22. The van der Waals surface area contributed by atoms with E-state index in [9.17, 15) is 14.9 Å². The normalized spacial score (nSPS) is 23.7. The number of nitro benzene ring substituents is 1. The van der Waals surface area contributed by atoms with Gasteiger partial charge in [-0.1, -0.05) is 12.1 Å². The number of hydrogen-bond acceptors (Lipinski definition) is 4. The first-order chi connectivity index (χ1) is 9.91. The molecular weight excluding hydrogens is 270 g/mol. The average Bonchev–Trinajstić information content (AvgIpc) is 2.46. The van der Waals surface area contributed by atoms with Crippen LogP contribution in [-0.4, -0.2) is 40.9 Å². The van der Waals surface area contributed by atoms with Crippen LogP contribution in [0.3, 0.4) is 0 Å². The van der Waals surface area contributed by atoms with E-state index in [1.807, 2.05) is 25.7 Å². The third kappa shape index (κ3) is 3.21. The highest BCUT2D eigenvalue weighted by atomic mass is 16.6. The molecule has 0 radical (unpaired) electrons. The lowest BCUT2D eigenvalue weighted by Gasteiger charge is -2.40.